The molecule has 5 nitrogen and oxygen atoms in total. The predicted octanol–water partition coefficient (Wildman–Crippen LogP) is 5.02. The van der Waals surface area contributed by atoms with E-state index in [1.165, 1.54) is 11.3 Å². The Labute approximate surface area is 163 Å². The minimum Gasteiger partial charge on any atom is -0.493 e. The summed E-state index contributed by atoms with van der Waals surface area (Å²) >= 11 is 1.52. The highest BCUT2D eigenvalue weighted by molar-refractivity contribution is 7.13. The molecule has 6 heteroatoms. The van der Waals surface area contributed by atoms with Crippen LogP contribution in [0.5, 0.6) is 11.5 Å². The second kappa shape index (κ2) is 7.88. The Balaban J connectivity index is 2.21. The van der Waals surface area contributed by atoms with Gasteiger partial charge in [0.25, 0.3) is 0 Å². The van der Waals surface area contributed by atoms with Crippen molar-refractivity contribution in [2.24, 2.45) is 0 Å². The number of hydrogen-bond acceptors (Lipinski definition) is 5. The lowest BCUT2D eigenvalue weighted by molar-refractivity contribution is 0.0528. The number of aromatic nitrogens is 1. The van der Waals surface area contributed by atoms with Crippen LogP contribution in [-0.2, 0) is 4.74 Å². The molecule has 0 N–H and O–H groups in total. The van der Waals surface area contributed by atoms with Crippen LogP contribution in [0.3, 0.4) is 0 Å². The highest BCUT2D eigenvalue weighted by atomic mass is 32.1. The molecule has 0 spiro atoms. The van der Waals surface area contributed by atoms with Crippen molar-refractivity contribution in [3.05, 3.63) is 52.7 Å². The van der Waals surface area contributed by atoms with Crippen LogP contribution in [0.1, 0.15) is 28.7 Å². The Morgan fingerprint density at radius 1 is 1.04 bits per heavy atom. The average Bonchev–Trinajstić information content (AvgIpc) is 3.24. The van der Waals surface area contributed by atoms with E-state index in [1.54, 1.807) is 14.2 Å². The topological polar surface area (TPSA) is 49.7 Å². The van der Waals surface area contributed by atoms with E-state index in [-0.39, 0.29) is 5.97 Å². The van der Waals surface area contributed by atoms with E-state index in [0.717, 1.165) is 27.5 Å². The zero-order chi connectivity index (χ0) is 19.6. The summed E-state index contributed by atoms with van der Waals surface area (Å²) in [6, 6.07) is 9.72. The molecule has 0 saturated heterocycles. The van der Waals surface area contributed by atoms with E-state index >= 15 is 0 Å². The second-order valence-corrected chi connectivity index (χ2v) is 6.93. The number of ether oxygens (including phenoxy) is 3. The van der Waals surface area contributed by atoms with Gasteiger partial charge in [0.2, 0.25) is 0 Å². The lowest BCUT2D eigenvalue weighted by atomic mass is 10.0. The molecule has 0 fully saturated rings. The predicted molar refractivity (Wildman–Crippen MR) is 108 cm³/mol. The minimum absolute atomic E-state index is 0.323. The van der Waals surface area contributed by atoms with Crippen molar-refractivity contribution in [2.75, 3.05) is 20.8 Å². The molecule has 142 valence electrons. The summed E-state index contributed by atoms with van der Waals surface area (Å²) in [5, 5.41) is 2.85. The first kappa shape index (κ1) is 19.0. The summed E-state index contributed by atoms with van der Waals surface area (Å²) in [5.74, 6) is 0.934. The third-order valence-electron chi connectivity index (χ3n) is 4.42. The molecule has 0 unspecified atom stereocenters. The number of aryl methyl sites for hydroxylation is 2. The lowest BCUT2D eigenvalue weighted by Gasteiger charge is -2.13. The molecule has 0 saturated carbocycles. The van der Waals surface area contributed by atoms with Crippen molar-refractivity contribution in [1.29, 1.82) is 0 Å². The van der Waals surface area contributed by atoms with Gasteiger partial charge in [0, 0.05) is 22.3 Å². The highest BCUT2D eigenvalue weighted by Gasteiger charge is 2.24. The molecular formula is C21H23NO4S. The minimum atomic E-state index is -0.328. The maximum absolute atomic E-state index is 12.8. The van der Waals surface area contributed by atoms with E-state index < -0.39 is 0 Å². The zero-order valence-electron chi connectivity index (χ0n) is 16.2. The van der Waals surface area contributed by atoms with Gasteiger partial charge in [0.05, 0.1) is 20.8 Å². The molecule has 0 aliphatic carbocycles. The average molecular weight is 385 g/mol. The molecule has 0 atom stereocenters. The molecule has 2 aromatic heterocycles. The summed E-state index contributed by atoms with van der Waals surface area (Å²) in [6.07, 6.45) is 0. The van der Waals surface area contributed by atoms with Crippen molar-refractivity contribution in [3.63, 3.8) is 0 Å². The highest BCUT2D eigenvalue weighted by Crippen LogP contribution is 2.39. The summed E-state index contributed by atoms with van der Waals surface area (Å²) in [6.45, 7) is 6.19. The molecule has 0 radical (unpaired) electrons. The summed E-state index contributed by atoms with van der Waals surface area (Å²) in [4.78, 5) is 12.8. The zero-order valence-corrected chi connectivity index (χ0v) is 17.0. The van der Waals surface area contributed by atoms with Crippen molar-refractivity contribution < 1.29 is 19.0 Å². The Kier molecular flexibility index (Phi) is 5.56. The van der Waals surface area contributed by atoms with Gasteiger partial charge in [-0.05, 0) is 50.6 Å². The van der Waals surface area contributed by atoms with Crippen LogP contribution >= 0.6 is 11.3 Å². The quantitative estimate of drug-likeness (QED) is 0.559. The molecule has 0 amide bonds. The fourth-order valence-electron chi connectivity index (χ4n) is 3.12. The third kappa shape index (κ3) is 3.45. The Morgan fingerprint density at radius 2 is 1.70 bits per heavy atom. The Bertz CT molecular complexity index is 951. The van der Waals surface area contributed by atoms with Crippen molar-refractivity contribution in [3.8, 4) is 27.6 Å². The molecule has 0 aliphatic heterocycles. The van der Waals surface area contributed by atoms with E-state index in [1.807, 2.05) is 56.5 Å². The van der Waals surface area contributed by atoms with Gasteiger partial charge >= 0.3 is 5.97 Å². The van der Waals surface area contributed by atoms with Gasteiger partial charge in [0.1, 0.15) is 10.6 Å². The summed E-state index contributed by atoms with van der Waals surface area (Å²) in [5.41, 5.74) is 4.40. The van der Waals surface area contributed by atoms with E-state index in [2.05, 4.69) is 4.57 Å². The molecular weight excluding hydrogens is 362 g/mol. The third-order valence-corrected chi connectivity index (χ3v) is 5.38. The van der Waals surface area contributed by atoms with Gasteiger partial charge in [-0.2, -0.15) is 0 Å². The van der Waals surface area contributed by atoms with Crippen LogP contribution in [0.4, 0.5) is 0 Å². The van der Waals surface area contributed by atoms with Crippen LogP contribution in [0.25, 0.3) is 16.1 Å². The smallest absolute Gasteiger partial charge is 0.341 e. The van der Waals surface area contributed by atoms with E-state index in [9.17, 15) is 4.79 Å². The summed E-state index contributed by atoms with van der Waals surface area (Å²) in [7, 11) is 3.20. The van der Waals surface area contributed by atoms with Gasteiger partial charge < -0.3 is 18.8 Å². The number of carbonyl (C=O) groups is 1. The maximum Gasteiger partial charge on any atom is 0.341 e. The first-order valence-corrected chi connectivity index (χ1v) is 9.56. The molecule has 1 aromatic carbocycles. The van der Waals surface area contributed by atoms with Crippen LogP contribution in [-0.4, -0.2) is 31.4 Å². The number of hydrogen-bond donors (Lipinski definition) is 0. The molecule has 3 aromatic rings. The van der Waals surface area contributed by atoms with Crippen LogP contribution < -0.4 is 9.47 Å². The first-order chi connectivity index (χ1) is 13.0. The van der Waals surface area contributed by atoms with Gasteiger partial charge in [-0.1, -0.05) is 6.07 Å². The van der Waals surface area contributed by atoms with E-state index in [0.29, 0.717) is 23.7 Å². The fraction of sp³-hybridized carbons (Fsp3) is 0.286. The second-order valence-electron chi connectivity index (χ2n) is 6.07. The number of rotatable bonds is 6. The standard InChI is InChI=1S/C21H23NO4S/c1-6-26-21(23)19-16(15-9-10-17(24-4)18(11-15)25-5)12-27-20(19)22-13(2)7-8-14(22)3/h7-12H,6H2,1-5H3. The number of thiophene rings is 1. The van der Waals surface area contributed by atoms with Crippen molar-refractivity contribution in [1.82, 2.24) is 4.57 Å². The monoisotopic (exact) mass is 385 g/mol. The van der Waals surface area contributed by atoms with Crippen LogP contribution in [0, 0.1) is 13.8 Å². The van der Waals surface area contributed by atoms with Gasteiger partial charge in [0.15, 0.2) is 11.5 Å². The largest absolute Gasteiger partial charge is 0.493 e. The van der Waals surface area contributed by atoms with Crippen LogP contribution in [0.15, 0.2) is 35.7 Å². The van der Waals surface area contributed by atoms with Crippen molar-refractivity contribution in [2.45, 2.75) is 20.8 Å². The number of methoxy groups -OCH3 is 2. The first-order valence-electron chi connectivity index (χ1n) is 8.68. The van der Waals surface area contributed by atoms with Gasteiger partial charge in [-0.3, -0.25) is 0 Å². The molecule has 3 rings (SSSR count). The Hall–Kier alpha value is -2.73. The number of nitrogens with zero attached hydrogens (tertiary/aromatic N) is 1. The fourth-order valence-corrected chi connectivity index (χ4v) is 4.31. The van der Waals surface area contributed by atoms with Crippen molar-refractivity contribution >= 4 is 17.3 Å². The molecule has 0 bridgehead atoms. The SMILES string of the molecule is CCOC(=O)c1c(-c2ccc(OC)c(OC)c2)csc1-n1c(C)ccc1C. The molecule has 0 aliphatic rings. The number of carbonyl (C=O) groups excluding carboxylic acids is 1. The number of benzene rings is 1. The molecule has 27 heavy (non-hydrogen) atoms. The number of esters is 1. The summed E-state index contributed by atoms with van der Waals surface area (Å²) < 4.78 is 18.2. The van der Waals surface area contributed by atoms with Crippen LogP contribution in [0.2, 0.25) is 0 Å². The lowest BCUT2D eigenvalue weighted by Crippen LogP contribution is -2.10. The normalized spacial score (nSPS) is 10.7. The van der Waals surface area contributed by atoms with Gasteiger partial charge in [-0.25, -0.2) is 4.79 Å². The van der Waals surface area contributed by atoms with E-state index in [4.69, 9.17) is 14.2 Å². The molecule has 2 heterocycles. The maximum atomic E-state index is 12.8. The Morgan fingerprint density at radius 3 is 2.30 bits per heavy atom. The van der Waals surface area contributed by atoms with Gasteiger partial charge in [-0.15, -0.1) is 11.3 Å².